The average Bonchev–Trinajstić information content (AvgIpc) is 3.48. The molecular weight excluding hydrogens is 645 g/mol. The standard InChI is InChI=1S/C33H26N4O8S2/c1-36-31(41)37(47-32(36)42)19-4-2-5-22(15-19)43-13-3-12-34-30(46)35-18-6-9-24-23(14-18)29(40)45-33(24)25-10-7-20(38)16-27(25)44-28-17-21(39)8-11-26(28)33/h2,4-11,14-17,38-39H,3,12-13H2,1H3,(H2,34,35,46). The van der Waals surface area contributed by atoms with E-state index in [1.807, 2.05) is 0 Å². The van der Waals surface area contributed by atoms with Crippen LogP contribution >= 0.6 is 23.8 Å². The van der Waals surface area contributed by atoms with Crippen LogP contribution < -0.4 is 30.7 Å². The van der Waals surface area contributed by atoms with Gasteiger partial charge in [-0.15, -0.1) is 0 Å². The van der Waals surface area contributed by atoms with Crippen LogP contribution in [-0.2, 0) is 17.4 Å². The maximum Gasteiger partial charge on any atom is 0.345 e. The van der Waals surface area contributed by atoms with Gasteiger partial charge in [0.25, 0.3) is 0 Å². The summed E-state index contributed by atoms with van der Waals surface area (Å²) >= 11 is 6.30. The predicted octanol–water partition coefficient (Wildman–Crippen LogP) is 4.33. The molecule has 14 heteroatoms. The summed E-state index contributed by atoms with van der Waals surface area (Å²) in [6.45, 7) is 0.864. The van der Waals surface area contributed by atoms with Gasteiger partial charge >= 0.3 is 16.5 Å². The van der Waals surface area contributed by atoms with Crippen LogP contribution in [0, 0.1) is 0 Å². The van der Waals surface area contributed by atoms with Crippen molar-refractivity contribution in [3.63, 3.8) is 0 Å². The van der Waals surface area contributed by atoms with Crippen LogP contribution in [0.1, 0.15) is 33.5 Å². The minimum Gasteiger partial charge on any atom is -0.508 e. The fourth-order valence-electron chi connectivity index (χ4n) is 5.68. The lowest BCUT2D eigenvalue weighted by molar-refractivity contribution is 0.0224. The topological polar surface area (TPSA) is 153 Å². The molecule has 0 unspecified atom stereocenters. The zero-order valence-electron chi connectivity index (χ0n) is 24.7. The van der Waals surface area contributed by atoms with Crippen LogP contribution in [-0.4, -0.2) is 43.0 Å². The smallest absolute Gasteiger partial charge is 0.345 e. The number of phenols is 2. The predicted molar refractivity (Wildman–Crippen MR) is 178 cm³/mol. The summed E-state index contributed by atoms with van der Waals surface area (Å²) in [5.41, 5.74) is 1.36. The lowest BCUT2D eigenvalue weighted by Gasteiger charge is -2.36. The third kappa shape index (κ3) is 5.26. The molecule has 2 aliphatic rings. The van der Waals surface area contributed by atoms with Crippen molar-refractivity contribution in [3.05, 3.63) is 121 Å². The van der Waals surface area contributed by atoms with Gasteiger partial charge in [-0.05, 0) is 67.2 Å². The molecule has 4 aromatic carbocycles. The van der Waals surface area contributed by atoms with Gasteiger partial charge in [-0.25, -0.2) is 13.5 Å². The molecule has 238 valence electrons. The number of aromatic hydroxyl groups is 2. The van der Waals surface area contributed by atoms with Crippen LogP contribution in [0.4, 0.5) is 5.69 Å². The molecule has 4 N–H and O–H groups in total. The van der Waals surface area contributed by atoms with E-state index in [4.69, 9.17) is 26.4 Å². The molecule has 7 rings (SSSR count). The van der Waals surface area contributed by atoms with Gasteiger partial charge in [0.15, 0.2) is 10.7 Å². The molecular formula is C33H26N4O8S2. The Morgan fingerprint density at radius 2 is 1.64 bits per heavy atom. The maximum absolute atomic E-state index is 13.3. The molecule has 0 atom stereocenters. The van der Waals surface area contributed by atoms with Gasteiger partial charge in [0.2, 0.25) is 0 Å². The second-order valence-corrected chi connectivity index (χ2v) is 12.2. The Balaban J connectivity index is 1.01. The van der Waals surface area contributed by atoms with Gasteiger partial charge in [-0.1, -0.05) is 12.1 Å². The number of nitrogens with one attached hydrogen (secondary N) is 2. The molecule has 1 aromatic heterocycles. The van der Waals surface area contributed by atoms with Gasteiger partial charge < -0.3 is 35.1 Å². The van der Waals surface area contributed by atoms with Crippen molar-refractivity contribution in [2.24, 2.45) is 7.05 Å². The largest absolute Gasteiger partial charge is 0.508 e. The molecule has 0 fully saturated rings. The van der Waals surface area contributed by atoms with Gasteiger partial charge in [-0.2, -0.15) is 0 Å². The summed E-state index contributed by atoms with van der Waals surface area (Å²) in [6, 6.07) is 21.4. The second kappa shape index (κ2) is 11.6. The van der Waals surface area contributed by atoms with Crippen LogP contribution in [0.15, 0.2) is 88.5 Å². The Morgan fingerprint density at radius 1 is 0.936 bits per heavy atom. The first-order valence-electron chi connectivity index (χ1n) is 14.4. The highest BCUT2D eigenvalue weighted by Crippen LogP contribution is 2.57. The Kier molecular flexibility index (Phi) is 7.45. The number of hydrogen-bond acceptors (Lipinski definition) is 10. The Bertz CT molecular complexity index is 2150. The maximum atomic E-state index is 13.3. The normalized spacial score (nSPS) is 13.6. The minimum atomic E-state index is -1.34. The van der Waals surface area contributed by atoms with E-state index in [-0.39, 0.29) is 16.4 Å². The summed E-state index contributed by atoms with van der Waals surface area (Å²) in [5, 5.41) is 26.8. The number of nitrogens with zero attached hydrogens (tertiary/aromatic N) is 2. The number of phenolic OH excluding ortho intramolecular Hbond substituents is 2. The van der Waals surface area contributed by atoms with E-state index in [9.17, 15) is 24.6 Å². The first kappa shape index (κ1) is 30.1. The van der Waals surface area contributed by atoms with E-state index >= 15 is 0 Å². The van der Waals surface area contributed by atoms with Crippen molar-refractivity contribution < 1.29 is 29.2 Å². The lowest BCUT2D eigenvalue weighted by atomic mass is 9.77. The van der Waals surface area contributed by atoms with Crippen LogP contribution in [0.2, 0.25) is 0 Å². The van der Waals surface area contributed by atoms with Gasteiger partial charge in [0, 0.05) is 65.7 Å². The molecule has 47 heavy (non-hydrogen) atoms. The molecule has 0 saturated carbocycles. The van der Waals surface area contributed by atoms with Crippen molar-refractivity contribution in [1.82, 2.24) is 13.8 Å². The second-order valence-electron chi connectivity index (χ2n) is 10.9. The number of thiocarbonyl (C=S) groups is 1. The third-order valence-corrected chi connectivity index (χ3v) is 9.09. The fourth-order valence-corrected chi connectivity index (χ4v) is 6.67. The van der Waals surface area contributed by atoms with Crippen molar-refractivity contribution in [1.29, 1.82) is 0 Å². The number of carbonyl (C=O) groups is 1. The number of fused-ring (bicyclic) bond motifs is 6. The molecule has 0 amide bonds. The molecule has 5 aromatic rings. The number of anilines is 1. The first-order valence-corrected chi connectivity index (χ1v) is 15.6. The molecule has 1 spiro atoms. The summed E-state index contributed by atoms with van der Waals surface area (Å²) in [5.74, 6) is 0.584. The van der Waals surface area contributed by atoms with Crippen LogP contribution in [0.5, 0.6) is 28.7 Å². The Morgan fingerprint density at radius 3 is 2.32 bits per heavy atom. The van der Waals surface area contributed by atoms with Crippen molar-refractivity contribution >= 4 is 40.5 Å². The van der Waals surface area contributed by atoms with E-state index < -0.39 is 17.3 Å². The molecule has 0 saturated heterocycles. The highest BCUT2D eigenvalue weighted by Gasteiger charge is 2.53. The van der Waals surface area contributed by atoms with Crippen LogP contribution in [0.3, 0.4) is 0 Å². The number of ether oxygens (including phenoxy) is 3. The van der Waals surface area contributed by atoms with Crippen molar-refractivity contribution in [2.45, 2.75) is 12.0 Å². The van der Waals surface area contributed by atoms with Crippen molar-refractivity contribution in [3.8, 4) is 34.4 Å². The minimum absolute atomic E-state index is 0.0188. The average molecular weight is 671 g/mol. The SMILES string of the molecule is Cn1c(=O)sn(-c2cccc(OCCCNC(=S)Nc3ccc4c(c3)C(=O)OC43c4ccc(O)cc4Oc4cc(O)ccc43)c2)c1=O. The molecule has 0 bridgehead atoms. The summed E-state index contributed by atoms with van der Waals surface area (Å²) in [4.78, 5) is 37.1. The van der Waals surface area contributed by atoms with Gasteiger partial charge in [0.1, 0.15) is 28.7 Å². The lowest BCUT2D eigenvalue weighted by Crippen LogP contribution is -2.33. The molecule has 0 aliphatic carbocycles. The molecule has 2 aliphatic heterocycles. The first-order chi connectivity index (χ1) is 22.6. The summed E-state index contributed by atoms with van der Waals surface area (Å²) in [6.07, 6.45) is 0.607. The number of benzene rings is 4. The summed E-state index contributed by atoms with van der Waals surface area (Å²) < 4.78 is 20.3. The monoisotopic (exact) mass is 670 g/mol. The van der Waals surface area contributed by atoms with E-state index in [1.165, 1.54) is 35.3 Å². The van der Waals surface area contributed by atoms with Gasteiger partial charge in [-0.3, -0.25) is 9.36 Å². The number of hydrogen-bond donors (Lipinski definition) is 4. The highest BCUT2D eigenvalue weighted by molar-refractivity contribution is 7.80. The fraction of sp³-hybridized carbons (Fsp3) is 0.152. The van der Waals surface area contributed by atoms with Gasteiger partial charge in [0.05, 0.1) is 17.9 Å². The van der Waals surface area contributed by atoms with E-state index in [0.717, 1.165) is 16.1 Å². The number of rotatable bonds is 7. The zero-order valence-corrected chi connectivity index (χ0v) is 26.3. The summed E-state index contributed by atoms with van der Waals surface area (Å²) in [7, 11) is 1.44. The number of aromatic nitrogens is 2. The van der Waals surface area contributed by atoms with E-state index in [1.54, 1.807) is 54.6 Å². The van der Waals surface area contributed by atoms with Crippen LogP contribution in [0.25, 0.3) is 5.69 Å². The number of carbonyl (C=O) groups excluding carboxylic acids is 1. The molecule has 0 radical (unpaired) electrons. The molecule has 3 heterocycles. The zero-order chi connectivity index (χ0) is 32.9. The van der Waals surface area contributed by atoms with E-state index in [2.05, 4.69) is 10.6 Å². The van der Waals surface area contributed by atoms with E-state index in [0.29, 0.717) is 75.6 Å². The highest BCUT2D eigenvalue weighted by atomic mass is 32.1. The number of esters is 1. The quantitative estimate of drug-likeness (QED) is 0.111. The van der Waals surface area contributed by atoms with Crippen molar-refractivity contribution in [2.75, 3.05) is 18.5 Å². The Labute approximate surface area is 276 Å². The molecule has 12 nitrogen and oxygen atoms in total. The third-order valence-electron chi connectivity index (χ3n) is 7.86. The Hall–Kier alpha value is -5.60.